The Kier molecular flexibility index (Phi) is 1.55. The van der Waals surface area contributed by atoms with Crippen LogP contribution in [-0.2, 0) is 0 Å². The van der Waals surface area contributed by atoms with Gasteiger partial charge in [0.05, 0.1) is 0 Å². The second-order valence-corrected chi connectivity index (χ2v) is 2.70. The van der Waals surface area contributed by atoms with E-state index in [4.69, 9.17) is 4.42 Å². The van der Waals surface area contributed by atoms with Crippen molar-refractivity contribution in [2.75, 3.05) is 0 Å². The molecule has 0 saturated carbocycles. The molecule has 0 N–H and O–H groups in total. The Morgan fingerprint density at radius 1 is 1.54 bits per heavy atom. The molecule has 0 bridgehead atoms. The number of hydrogen-bond acceptors (Lipinski definition) is 3. The van der Waals surface area contributed by atoms with Crippen LogP contribution in [0.4, 0.5) is 0 Å². The van der Waals surface area contributed by atoms with Gasteiger partial charge in [-0.25, -0.2) is 0 Å². The molecule has 13 heavy (non-hydrogen) atoms. The Bertz CT molecular complexity index is 473. The van der Waals surface area contributed by atoms with Crippen LogP contribution in [0.15, 0.2) is 28.8 Å². The molecule has 0 atom stereocenters. The minimum absolute atomic E-state index is 0.0654. The normalized spacial score (nSPS) is 10.5. The summed E-state index contributed by atoms with van der Waals surface area (Å²) in [6.07, 6.45) is 1.62. The van der Waals surface area contributed by atoms with Crippen molar-refractivity contribution < 1.29 is 18.7 Å². The fourth-order valence-corrected chi connectivity index (χ4v) is 1.25. The van der Waals surface area contributed by atoms with E-state index in [1.54, 1.807) is 24.4 Å². The largest absolute Gasteiger partial charge is 0.540 e. The van der Waals surface area contributed by atoms with Gasteiger partial charge in [0.25, 0.3) is 11.4 Å². The molecule has 0 spiro atoms. The summed E-state index contributed by atoms with van der Waals surface area (Å²) < 4.78 is 6.30. The Labute approximate surface area is 74.0 Å². The Hall–Kier alpha value is -1.84. The highest BCUT2D eigenvalue weighted by atomic mass is 16.5. The number of nitrogens with zero attached hydrogens (tertiary/aromatic N) is 1. The van der Waals surface area contributed by atoms with E-state index in [1.807, 2.05) is 0 Å². The Morgan fingerprint density at radius 2 is 2.31 bits per heavy atom. The van der Waals surface area contributed by atoms with Crippen molar-refractivity contribution in [2.45, 2.75) is 6.92 Å². The number of Topliss-reactive ketones (excluding diaryl/α,β-unsaturated/α-hetero) is 1. The standard InChI is InChI=1S/C9H7NO3/c1-6(11)8-9(12)13-7-4-2-3-5-10(7)8/h2-5H,1H3. The van der Waals surface area contributed by atoms with E-state index in [0.29, 0.717) is 5.71 Å². The minimum Gasteiger partial charge on any atom is -0.540 e. The lowest BCUT2D eigenvalue weighted by Crippen LogP contribution is -2.26. The fraction of sp³-hybridized carbons (Fsp3) is 0.111. The lowest BCUT2D eigenvalue weighted by molar-refractivity contribution is -0.518. The lowest BCUT2D eigenvalue weighted by Gasteiger charge is -1.88. The molecule has 2 rings (SSSR count). The van der Waals surface area contributed by atoms with Crippen LogP contribution in [0.3, 0.4) is 0 Å². The molecule has 0 amide bonds. The average molecular weight is 177 g/mol. The fourth-order valence-electron chi connectivity index (χ4n) is 1.25. The molecule has 66 valence electrons. The molecule has 0 aromatic carbocycles. The van der Waals surface area contributed by atoms with Gasteiger partial charge >= 0.3 is 0 Å². The van der Waals surface area contributed by atoms with Crippen LogP contribution in [0.2, 0.25) is 0 Å². The van der Waals surface area contributed by atoms with Gasteiger partial charge in [0.1, 0.15) is 5.95 Å². The van der Waals surface area contributed by atoms with Crippen molar-refractivity contribution in [1.82, 2.24) is 0 Å². The Balaban J connectivity index is 2.86. The molecular formula is C9H7NO3. The van der Waals surface area contributed by atoms with E-state index in [0.717, 1.165) is 0 Å². The highest BCUT2D eigenvalue weighted by Gasteiger charge is 2.18. The van der Waals surface area contributed by atoms with Crippen LogP contribution in [0.1, 0.15) is 17.4 Å². The van der Waals surface area contributed by atoms with Gasteiger partial charge in [-0.1, -0.05) is 0 Å². The third-order valence-corrected chi connectivity index (χ3v) is 1.79. The number of aromatic nitrogens is 1. The first-order chi connectivity index (χ1) is 6.20. The number of fused-ring (bicyclic) bond motifs is 1. The van der Waals surface area contributed by atoms with Crippen LogP contribution in [-0.4, -0.2) is 5.78 Å². The first-order valence-corrected chi connectivity index (χ1v) is 3.81. The van der Waals surface area contributed by atoms with Crippen LogP contribution in [0, 0.1) is 0 Å². The van der Waals surface area contributed by atoms with Crippen molar-refractivity contribution in [3.63, 3.8) is 0 Å². The van der Waals surface area contributed by atoms with Crippen molar-refractivity contribution in [3.8, 4) is 5.95 Å². The second kappa shape index (κ2) is 2.58. The monoisotopic (exact) mass is 177 g/mol. The summed E-state index contributed by atoms with van der Waals surface area (Å²) in [6.45, 7) is 1.34. The summed E-state index contributed by atoms with van der Waals surface area (Å²) in [5.41, 5.74) is 0.452. The van der Waals surface area contributed by atoms with Gasteiger partial charge in [0, 0.05) is 19.1 Å². The first kappa shape index (κ1) is 7.79. The summed E-state index contributed by atoms with van der Waals surface area (Å²) in [5.74, 6) is -0.876. The van der Waals surface area contributed by atoms with Gasteiger partial charge in [-0.05, 0) is 6.07 Å². The van der Waals surface area contributed by atoms with Crippen LogP contribution in [0.25, 0.3) is 5.71 Å². The van der Waals surface area contributed by atoms with Crippen molar-refractivity contribution in [1.29, 1.82) is 0 Å². The van der Waals surface area contributed by atoms with Gasteiger partial charge in [-0.2, -0.15) is 0 Å². The molecule has 4 heteroatoms. The number of carbonyl (C=O) groups is 1. The van der Waals surface area contributed by atoms with Crippen LogP contribution >= 0.6 is 0 Å². The smallest absolute Gasteiger partial charge is 0.277 e. The highest BCUT2D eigenvalue weighted by molar-refractivity contribution is 5.92. The number of ketones is 1. The number of oxazole rings is 1. The van der Waals surface area contributed by atoms with E-state index in [-0.39, 0.29) is 11.5 Å². The van der Waals surface area contributed by atoms with E-state index in [2.05, 4.69) is 0 Å². The van der Waals surface area contributed by atoms with Gasteiger partial charge in [-0.3, -0.25) is 4.79 Å². The van der Waals surface area contributed by atoms with Gasteiger partial charge in [0.2, 0.25) is 5.78 Å². The average Bonchev–Trinajstić information content (AvgIpc) is 2.39. The summed E-state index contributed by atoms with van der Waals surface area (Å²) in [4.78, 5) is 11.1. The molecule has 0 radical (unpaired) electrons. The quantitative estimate of drug-likeness (QED) is 0.464. The third-order valence-electron chi connectivity index (χ3n) is 1.79. The van der Waals surface area contributed by atoms with E-state index in [9.17, 15) is 9.90 Å². The van der Waals surface area contributed by atoms with Crippen LogP contribution < -0.4 is 9.51 Å². The minimum atomic E-state index is -0.585. The molecule has 2 aromatic heterocycles. The zero-order valence-corrected chi connectivity index (χ0v) is 6.98. The van der Waals surface area contributed by atoms with Crippen molar-refractivity contribution in [3.05, 3.63) is 30.1 Å². The maximum atomic E-state index is 11.2. The molecule has 2 heterocycles. The molecule has 0 aliphatic rings. The van der Waals surface area contributed by atoms with Crippen molar-refractivity contribution >= 4 is 11.5 Å². The number of rotatable bonds is 1. The maximum Gasteiger partial charge on any atom is 0.277 e. The predicted octanol–water partition coefficient (Wildman–Crippen LogP) is 0.294. The Morgan fingerprint density at radius 3 is 3.00 bits per heavy atom. The molecule has 0 saturated heterocycles. The second-order valence-electron chi connectivity index (χ2n) is 2.70. The first-order valence-electron chi connectivity index (χ1n) is 3.81. The van der Waals surface area contributed by atoms with Gasteiger partial charge in [0.15, 0.2) is 6.20 Å². The number of carbonyl (C=O) groups excluding carboxylic acids is 1. The molecule has 0 fully saturated rings. The van der Waals surface area contributed by atoms with Gasteiger partial charge in [-0.15, -0.1) is 4.40 Å². The zero-order valence-electron chi connectivity index (χ0n) is 6.98. The van der Waals surface area contributed by atoms with E-state index >= 15 is 0 Å². The SMILES string of the molecule is CC(=O)c1c([O-])oc2cccc[n+]12. The number of pyridine rings is 1. The third kappa shape index (κ3) is 1.07. The maximum absolute atomic E-state index is 11.2. The molecule has 0 unspecified atom stereocenters. The van der Waals surface area contributed by atoms with E-state index < -0.39 is 5.95 Å². The molecular weight excluding hydrogens is 170 g/mol. The van der Waals surface area contributed by atoms with Gasteiger partial charge < -0.3 is 9.52 Å². The molecule has 0 aliphatic heterocycles. The highest BCUT2D eigenvalue weighted by Crippen LogP contribution is 2.13. The van der Waals surface area contributed by atoms with Crippen molar-refractivity contribution in [2.24, 2.45) is 0 Å². The predicted molar refractivity (Wildman–Crippen MR) is 41.3 cm³/mol. The van der Waals surface area contributed by atoms with Crippen LogP contribution in [0.5, 0.6) is 5.95 Å². The summed E-state index contributed by atoms with van der Waals surface area (Å²) in [5, 5.41) is 11.2. The molecule has 2 aromatic rings. The zero-order chi connectivity index (χ0) is 9.42. The van der Waals surface area contributed by atoms with E-state index in [1.165, 1.54) is 11.3 Å². The number of hydrogen-bond donors (Lipinski definition) is 0. The summed E-state index contributed by atoms with van der Waals surface area (Å²) >= 11 is 0. The molecule has 4 nitrogen and oxygen atoms in total. The topological polar surface area (TPSA) is 57.4 Å². The molecule has 0 aliphatic carbocycles. The lowest BCUT2D eigenvalue weighted by atomic mass is 10.3. The summed E-state index contributed by atoms with van der Waals surface area (Å²) in [7, 11) is 0. The summed E-state index contributed by atoms with van der Waals surface area (Å²) in [6, 6.07) is 5.10.